The average molecular weight is 341 g/mol. The monoisotopic (exact) mass is 341 g/mol. The summed E-state index contributed by atoms with van der Waals surface area (Å²) in [6.45, 7) is 15.5. The van der Waals surface area contributed by atoms with Crippen LogP contribution in [0.5, 0.6) is 0 Å². The average Bonchev–Trinajstić information content (AvgIpc) is 2.89. The van der Waals surface area contributed by atoms with E-state index in [-0.39, 0.29) is 29.9 Å². The van der Waals surface area contributed by atoms with Crippen molar-refractivity contribution in [3.05, 3.63) is 0 Å². The lowest BCUT2D eigenvalue weighted by atomic mass is 10.0. The molecule has 6 nitrogen and oxygen atoms in total. The van der Waals surface area contributed by atoms with Crippen LogP contribution in [0.25, 0.3) is 0 Å². The van der Waals surface area contributed by atoms with E-state index in [1.54, 1.807) is 4.90 Å². The van der Waals surface area contributed by atoms with Gasteiger partial charge in [-0.05, 0) is 52.9 Å². The number of rotatable bonds is 5. The van der Waals surface area contributed by atoms with Crippen LogP contribution in [0.4, 0.5) is 4.79 Å². The molecule has 1 aliphatic rings. The van der Waals surface area contributed by atoms with Crippen molar-refractivity contribution in [2.75, 3.05) is 19.6 Å². The van der Waals surface area contributed by atoms with Crippen molar-refractivity contribution >= 4 is 12.0 Å². The van der Waals surface area contributed by atoms with E-state index in [4.69, 9.17) is 10.5 Å². The summed E-state index contributed by atoms with van der Waals surface area (Å²) in [6, 6.07) is -0.390. The van der Waals surface area contributed by atoms with Gasteiger partial charge in [0.15, 0.2) is 0 Å². The van der Waals surface area contributed by atoms with Gasteiger partial charge in [0.05, 0.1) is 6.04 Å². The van der Waals surface area contributed by atoms with E-state index in [0.29, 0.717) is 19.6 Å². The Morgan fingerprint density at radius 1 is 1.25 bits per heavy atom. The molecule has 2 N–H and O–H groups in total. The topological polar surface area (TPSA) is 75.9 Å². The minimum atomic E-state index is -0.508. The van der Waals surface area contributed by atoms with E-state index in [9.17, 15) is 9.59 Å². The third kappa shape index (κ3) is 5.96. The van der Waals surface area contributed by atoms with Gasteiger partial charge >= 0.3 is 6.09 Å². The Bertz CT molecular complexity index is 443. The summed E-state index contributed by atoms with van der Waals surface area (Å²) in [5, 5.41) is 0. The summed E-state index contributed by atoms with van der Waals surface area (Å²) in [6.07, 6.45) is 0.601. The zero-order valence-corrected chi connectivity index (χ0v) is 16.3. The highest BCUT2D eigenvalue weighted by Gasteiger charge is 2.33. The van der Waals surface area contributed by atoms with E-state index in [2.05, 4.69) is 0 Å². The van der Waals surface area contributed by atoms with Crippen molar-refractivity contribution < 1.29 is 14.3 Å². The first-order valence-electron chi connectivity index (χ1n) is 8.96. The highest BCUT2D eigenvalue weighted by Crippen LogP contribution is 2.21. The van der Waals surface area contributed by atoms with Gasteiger partial charge in [-0.25, -0.2) is 4.79 Å². The van der Waals surface area contributed by atoms with Crippen molar-refractivity contribution in [2.45, 2.75) is 72.6 Å². The maximum absolute atomic E-state index is 12.4. The van der Waals surface area contributed by atoms with E-state index in [0.717, 1.165) is 6.42 Å². The van der Waals surface area contributed by atoms with Crippen molar-refractivity contribution in [1.29, 1.82) is 0 Å². The summed E-state index contributed by atoms with van der Waals surface area (Å²) in [5.74, 6) is 0.412. The van der Waals surface area contributed by atoms with E-state index < -0.39 is 11.6 Å². The van der Waals surface area contributed by atoms with Crippen LogP contribution in [-0.4, -0.2) is 59.1 Å². The van der Waals surface area contributed by atoms with Crippen LogP contribution in [0.15, 0.2) is 0 Å². The van der Waals surface area contributed by atoms with Crippen LogP contribution in [0.1, 0.15) is 54.9 Å². The van der Waals surface area contributed by atoms with Crippen LogP contribution in [0, 0.1) is 11.8 Å². The first kappa shape index (κ1) is 20.7. The molecule has 24 heavy (non-hydrogen) atoms. The van der Waals surface area contributed by atoms with Crippen LogP contribution in [0.3, 0.4) is 0 Å². The number of amides is 2. The second-order valence-electron chi connectivity index (χ2n) is 8.44. The Morgan fingerprint density at radius 2 is 1.83 bits per heavy atom. The second kappa shape index (κ2) is 8.19. The molecule has 1 rings (SSSR count). The molecular formula is C18H35N3O3. The summed E-state index contributed by atoms with van der Waals surface area (Å²) in [4.78, 5) is 28.4. The lowest BCUT2D eigenvalue weighted by molar-refractivity contribution is -0.132. The Morgan fingerprint density at radius 3 is 2.29 bits per heavy atom. The maximum Gasteiger partial charge on any atom is 0.410 e. The number of hydrogen-bond donors (Lipinski definition) is 1. The highest BCUT2D eigenvalue weighted by molar-refractivity contribution is 5.82. The van der Waals surface area contributed by atoms with Crippen molar-refractivity contribution in [2.24, 2.45) is 17.6 Å². The molecule has 1 fully saturated rings. The van der Waals surface area contributed by atoms with Crippen LogP contribution in [0.2, 0.25) is 0 Å². The van der Waals surface area contributed by atoms with E-state index in [1.165, 1.54) is 0 Å². The van der Waals surface area contributed by atoms with Gasteiger partial charge in [-0.3, -0.25) is 4.79 Å². The molecule has 1 heterocycles. The third-order valence-corrected chi connectivity index (χ3v) is 4.31. The Balaban J connectivity index is 2.64. The second-order valence-corrected chi connectivity index (χ2v) is 8.44. The minimum absolute atomic E-state index is 0.0147. The fraction of sp³-hybridized carbons (Fsp3) is 0.889. The number of nitrogens with zero attached hydrogens (tertiary/aromatic N) is 2. The lowest BCUT2D eigenvalue weighted by Crippen LogP contribution is -2.46. The molecular weight excluding hydrogens is 306 g/mol. The quantitative estimate of drug-likeness (QED) is 0.833. The predicted octanol–water partition coefficient (Wildman–Crippen LogP) is 2.46. The lowest BCUT2D eigenvalue weighted by Gasteiger charge is -2.32. The number of hydrogen-bond acceptors (Lipinski definition) is 4. The summed E-state index contributed by atoms with van der Waals surface area (Å²) in [7, 11) is 0. The van der Waals surface area contributed by atoms with Gasteiger partial charge < -0.3 is 20.3 Å². The number of carbonyl (C=O) groups excluding carboxylic acids is 2. The number of likely N-dealkylation sites (tertiary alicyclic amines) is 1. The third-order valence-electron chi connectivity index (χ3n) is 4.31. The Hall–Kier alpha value is -1.30. The molecule has 6 heteroatoms. The standard InChI is InChI=1S/C18H35N3O3/c1-12(2)15(19)16(22)20-9-8-14(10-20)11-21(13(3)4)17(23)24-18(5,6)7/h12-15H,8-11,19H2,1-7H3/t14-,15-/m0/s1. The molecule has 0 bridgehead atoms. The SMILES string of the molecule is CC(C)[C@H](N)C(=O)N1CC[C@H](CN(C(=O)OC(C)(C)C)C(C)C)C1. The van der Waals surface area contributed by atoms with Gasteiger partial charge in [0.1, 0.15) is 5.60 Å². The molecule has 140 valence electrons. The van der Waals surface area contributed by atoms with Gasteiger partial charge in [0, 0.05) is 25.7 Å². The van der Waals surface area contributed by atoms with E-state index in [1.807, 2.05) is 53.4 Å². The van der Waals surface area contributed by atoms with Crippen molar-refractivity contribution in [3.8, 4) is 0 Å². The smallest absolute Gasteiger partial charge is 0.410 e. The van der Waals surface area contributed by atoms with Crippen molar-refractivity contribution in [3.63, 3.8) is 0 Å². The normalized spacial score (nSPS) is 19.8. The van der Waals surface area contributed by atoms with Gasteiger partial charge in [-0.15, -0.1) is 0 Å². The largest absolute Gasteiger partial charge is 0.444 e. The molecule has 0 aliphatic carbocycles. The van der Waals surface area contributed by atoms with E-state index >= 15 is 0 Å². The Labute approximate surface area is 146 Å². The molecule has 0 spiro atoms. The van der Waals surface area contributed by atoms with Gasteiger partial charge in [-0.1, -0.05) is 13.8 Å². The fourth-order valence-electron chi connectivity index (χ4n) is 2.77. The summed E-state index contributed by atoms with van der Waals surface area (Å²) >= 11 is 0. The van der Waals surface area contributed by atoms with Gasteiger partial charge in [0.2, 0.25) is 5.91 Å². The molecule has 0 aromatic carbocycles. The number of nitrogens with two attached hydrogens (primary N) is 1. The predicted molar refractivity (Wildman–Crippen MR) is 95.6 cm³/mol. The molecule has 2 atom stereocenters. The maximum atomic E-state index is 12.4. The van der Waals surface area contributed by atoms with Gasteiger partial charge in [0.25, 0.3) is 0 Å². The molecule has 0 unspecified atom stereocenters. The molecule has 0 saturated carbocycles. The van der Waals surface area contributed by atoms with Crippen LogP contribution < -0.4 is 5.73 Å². The first-order valence-corrected chi connectivity index (χ1v) is 8.96. The summed E-state index contributed by atoms with van der Waals surface area (Å²) < 4.78 is 5.50. The molecule has 0 radical (unpaired) electrons. The van der Waals surface area contributed by atoms with Crippen molar-refractivity contribution in [1.82, 2.24) is 9.80 Å². The molecule has 1 aliphatic heterocycles. The van der Waals surface area contributed by atoms with Crippen LogP contribution in [-0.2, 0) is 9.53 Å². The highest BCUT2D eigenvalue weighted by atomic mass is 16.6. The molecule has 0 aromatic rings. The number of ether oxygens (including phenoxy) is 1. The van der Waals surface area contributed by atoms with Gasteiger partial charge in [-0.2, -0.15) is 0 Å². The first-order chi connectivity index (χ1) is 10.9. The summed E-state index contributed by atoms with van der Waals surface area (Å²) in [5.41, 5.74) is 5.47. The Kier molecular flexibility index (Phi) is 7.08. The number of carbonyl (C=O) groups is 2. The molecule has 0 aromatic heterocycles. The zero-order chi connectivity index (χ0) is 18.7. The fourth-order valence-corrected chi connectivity index (χ4v) is 2.77. The van der Waals surface area contributed by atoms with Crippen LogP contribution >= 0.6 is 0 Å². The zero-order valence-electron chi connectivity index (χ0n) is 16.3. The molecule has 1 saturated heterocycles. The molecule has 2 amide bonds. The minimum Gasteiger partial charge on any atom is -0.444 e.